The number of hydrogen-bond donors (Lipinski definition) is 1. The van der Waals surface area contributed by atoms with Gasteiger partial charge >= 0.3 is 5.97 Å². The molecule has 0 saturated carbocycles. The van der Waals surface area contributed by atoms with Crippen LogP contribution in [0.25, 0.3) is 0 Å². The van der Waals surface area contributed by atoms with Crippen LogP contribution in [0.15, 0.2) is 48.5 Å². The number of ketones is 1. The van der Waals surface area contributed by atoms with Crippen molar-refractivity contribution in [2.45, 2.75) is 39.7 Å². The molecule has 0 aliphatic heterocycles. The zero-order valence-electron chi connectivity index (χ0n) is 15.2. The average molecular weight is 353 g/mol. The maximum absolute atomic E-state index is 12.2. The van der Waals surface area contributed by atoms with Gasteiger partial charge < -0.3 is 10.1 Å². The molecule has 5 nitrogen and oxygen atoms in total. The van der Waals surface area contributed by atoms with Crippen LogP contribution in [-0.4, -0.2) is 23.8 Å². The van der Waals surface area contributed by atoms with Crippen molar-refractivity contribution in [2.24, 2.45) is 0 Å². The number of rotatable bonds is 7. The van der Waals surface area contributed by atoms with Gasteiger partial charge in [0.1, 0.15) is 0 Å². The number of nitrogens with one attached hydrogen (secondary N) is 1. The maximum atomic E-state index is 12.2. The Hall–Kier alpha value is -2.95. The molecule has 2 aromatic carbocycles. The number of ether oxygens (including phenoxy) is 1. The molecule has 0 heterocycles. The summed E-state index contributed by atoms with van der Waals surface area (Å²) in [5.74, 6) is -1.10. The fourth-order valence-corrected chi connectivity index (χ4v) is 2.48. The van der Waals surface area contributed by atoms with Gasteiger partial charge in [0.05, 0.1) is 6.42 Å². The quantitative estimate of drug-likeness (QED) is 0.606. The van der Waals surface area contributed by atoms with Gasteiger partial charge in [-0.1, -0.05) is 48.0 Å². The van der Waals surface area contributed by atoms with Crippen LogP contribution < -0.4 is 5.32 Å². The van der Waals surface area contributed by atoms with Gasteiger partial charge in [-0.2, -0.15) is 0 Å². The van der Waals surface area contributed by atoms with Crippen molar-refractivity contribution in [3.05, 3.63) is 65.2 Å². The second-order valence-corrected chi connectivity index (χ2v) is 6.23. The second-order valence-electron chi connectivity index (χ2n) is 6.23. The summed E-state index contributed by atoms with van der Waals surface area (Å²) in [5.41, 5.74) is 3.28. The SMILES string of the molecule is Cc1ccc(NC(=O)[C@@H](C)OC(=O)CCC(=O)c2ccccc2)c(C)c1. The van der Waals surface area contributed by atoms with Crippen molar-refractivity contribution in [2.75, 3.05) is 5.32 Å². The van der Waals surface area contributed by atoms with E-state index in [0.29, 0.717) is 11.3 Å². The molecule has 0 bridgehead atoms. The van der Waals surface area contributed by atoms with Crippen LogP contribution in [0.4, 0.5) is 5.69 Å². The largest absolute Gasteiger partial charge is 0.453 e. The lowest BCUT2D eigenvalue weighted by atomic mass is 10.1. The number of benzene rings is 2. The number of hydrogen-bond acceptors (Lipinski definition) is 4. The van der Waals surface area contributed by atoms with E-state index < -0.39 is 18.0 Å². The van der Waals surface area contributed by atoms with Gasteiger partial charge in [0.2, 0.25) is 0 Å². The van der Waals surface area contributed by atoms with Crippen LogP contribution in [0.3, 0.4) is 0 Å². The van der Waals surface area contributed by atoms with Gasteiger partial charge in [-0.3, -0.25) is 14.4 Å². The van der Waals surface area contributed by atoms with Crippen molar-refractivity contribution in [1.29, 1.82) is 0 Å². The van der Waals surface area contributed by atoms with E-state index in [2.05, 4.69) is 5.32 Å². The number of amides is 1. The summed E-state index contributed by atoms with van der Waals surface area (Å²) in [4.78, 5) is 36.1. The summed E-state index contributed by atoms with van der Waals surface area (Å²) in [6, 6.07) is 14.4. The fourth-order valence-electron chi connectivity index (χ4n) is 2.48. The third-order valence-electron chi connectivity index (χ3n) is 3.97. The van der Waals surface area contributed by atoms with Crippen LogP contribution in [0.2, 0.25) is 0 Å². The van der Waals surface area contributed by atoms with Crippen molar-refractivity contribution in [1.82, 2.24) is 0 Å². The van der Waals surface area contributed by atoms with Crippen LogP contribution in [0, 0.1) is 13.8 Å². The normalized spacial score (nSPS) is 11.5. The van der Waals surface area contributed by atoms with Crippen molar-refractivity contribution >= 4 is 23.3 Å². The molecule has 0 aromatic heterocycles. The highest BCUT2D eigenvalue weighted by atomic mass is 16.5. The summed E-state index contributed by atoms with van der Waals surface area (Å²) in [6.45, 7) is 5.38. The average Bonchev–Trinajstić information content (AvgIpc) is 2.62. The summed E-state index contributed by atoms with van der Waals surface area (Å²) in [7, 11) is 0. The number of aryl methyl sites for hydroxylation is 2. The van der Waals surface area contributed by atoms with Gasteiger partial charge in [-0.05, 0) is 32.4 Å². The molecule has 0 saturated heterocycles. The molecule has 26 heavy (non-hydrogen) atoms. The van der Waals surface area contributed by atoms with E-state index in [1.807, 2.05) is 38.1 Å². The second kappa shape index (κ2) is 8.94. The topological polar surface area (TPSA) is 72.5 Å². The molecular weight excluding hydrogens is 330 g/mol. The molecule has 0 spiro atoms. The Morgan fingerprint density at radius 3 is 2.35 bits per heavy atom. The first-order valence-corrected chi connectivity index (χ1v) is 8.52. The smallest absolute Gasteiger partial charge is 0.307 e. The maximum Gasteiger partial charge on any atom is 0.307 e. The molecule has 0 aliphatic rings. The van der Waals surface area contributed by atoms with Crippen LogP contribution in [-0.2, 0) is 14.3 Å². The number of carbonyl (C=O) groups excluding carboxylic acids is 3. The Balaban J connectivity index is 1.82. The van der Waals surface area contributed by atoms with Gasteiger partial charge in [0.15, 0.2) is 11.9 Å². The van der Waals surface area contributed by atoms with Crippen LogP contribution in [0.1, 0.15) is 41.3 Å². The van der Waals surface area contributed by atoms with Crippen LogP contribution >= 0.6 is 0 Å². The number of Topliss-reactive ketones (excluding diaryl/α,β-unsaturated/α-hetero) is 1. The monoisotopic (exact) mass is 353 g/mol. The third kappa shape index (κ3) is 5.55. The molecule has 1 amide bonds. The molecule has 2 rings (SSSR count). The molecule has 1 N–H and O–H groups in total. The van der Waals surface area contributed by atoms with E-state index in [9.17, 15) is 14.4 Å². The molecule has 5 heteroatoms. The molecular formula is C21H23NO4. The Bertz CT molecular complexity index is 799. The Kier molecular flexibility index (Phi) is 6.67. The lowest BCUT2D eigenvalue weighted by molar-refractivity contribution is -0.153. The highest BCUT2D eigenvalue weighted by Crippen LogP contribution is 2.16. The van der Waals surface area contributed by atoms with E-state index in [-0.39, 0.29) is 18.6 Å². The number of carbonyl (C=O) groups is 3. The third-order valence-corrected chi connectivity index (χ3v) is 3.97. The standard InChI is InChI=1S/C21H23NO4/c1-14-9-10-18(15(2)13-14)22-21(25)16(3)26-20(24)12-11-19(23)17-7-5-4-6-8-17/h4-10,13,16H,11-12H2,1-3H3,(H,22,25)/t16-/m1/s1. The number of anilines is 1. The highest BCUT2D eigenvalue weighted by Gasteiger charge is 2.19. The van der Waals surface area contributed by atoms with Gasteiger partial charge in [0, 0.05) is 17.7 Å². The zero-order chi connectivity index (χ0) is 19.1. The summed E-state index contributed by atoms with van der Waals surface area (Å²) >= 11 is 0. The van der Waals surface area contributed by atoms with Crippen molar-refractivity contribution < 1.29 is 19.1 Å². The fraction of sp³-hybridized carbons (Fsp3) is 0.286. The zero-order valence-corrected chi connectivity index (χ0v) is 15.2. The highest BCUT2D eigenvalue weighted by molar-refractivity contribution is 5.98. The molecule has 136 valence electrons. The molecule has 1 atom stereocenters. The predicted octanol–water partition coefficient (Wildman–Crippen LogP) is 3.84. The first kappa shape index (κ1) is 19.4. The molecule has 0 aliphatic carbocycles. The Morgan fingerprint density at radius 1 is 1.00 bits per heavy atom. The first-order valence-electron chi connectivity index (χ1n) is 8.52. The first-order chi connectivity index (χ1) is 12.4. The minimum atomic E-state index is -0.935. The lowest BCUT2D eigenvalue weighted by Crippen LogP contribution is -2.30. The molecule has 0 fully saturated rings. The predicted molar refractivity (Wildman–Crippen MR) is 100 cm³/mol. The van der Waals surface area contributed by atoms with E-state index >= 15 is 0 Å². The van der Waals surface area contributed by atoms with Crippen molar-refractivity contribution in [3.8, 4) is 0 Å². The van der Waals surface area contributed by atoms with Gasteiger partial charge in [0.25, 0.3) is 5.91 Å². The van der Waals surface area contributed by atoms with E-state index in [0.717, 1.165) is 11.1 Å². The van der Waals surface area contributed by atoms with E-state index in [1.54, 1.807) is 24.3 Å². The van der Waals surface area contributed by atoms with Gasteiger partial charge in [-0.15, -0.1) is 0 Å². The molecule has 0 unspecified atom stereocenters. The number of esters is 1. The van der Waals surface area contributed by atoms with E-state index in [1.165, 1.54) is 6.92 Å². The molecule has 0 radical (unpaired) electrons. The Morgan fingerprint density at radius 2 is 1.69 bits per heavy atom. The van der Waals surface area contributed by atoms with Crippen molar-refractivity contribution in [3.63, 3.8) is 0 Å². The van der Waals surface area contributed by atoms with Crippen LogP contribution in [0.5, 0.6) is 0 Å². The van der Waals surface area contributed by atoms with E-state index in [4.69, 9.17) is 4.74 Å². The lowest BCUT2D eigenvalue weighted by Gasteiger charge is -2.15. The summed E-state index contributed by atoms with van der Waals surface area (Å²) in [6.07, 6.45) is -0.946. The Labute approximate surface area is 153 Å². The summed E-state index contributed by atoms with van der Waals surface area (Å²) < 4.78 is 5.13. The molecule has 2 aromatic rings. The minimum Gasteiger partial charge on any atom is -0.453 e. The summed E-state index contributed by atoms with van der Waals surface area (Å²) in [5, 5.41) is 2.75. The minimum absolute atomic E-state index is 0.0499. The van der Waals surface area contributed by atoms with Gasteiger partial charge in [-0.25, -0.2) is 0 Å².